The highest BCUT2D eigenvalue weighted by molar-refractivity contribution is 5.67. The summed E-state index contributed by atoms with van der Waals surface area (Å²) in [6.07, 6.45) is -0.609. The van der Waals surface area contributed by atoms with E-state index >= 15 is 0 Å². The molecule has 2 rings (SSSR count). The van der Waals surface area contributed by atoms with E-state index in [1.807, 2.05) is 0 Å². The highest BCUT2D eigenvalue weighted by atomic mass is 19.3. The topological polar surface area (TPSA) is 82.4 Å². The molecule has 0 fully saturated rings. The van der Waals surface area contributed by atoms with Gasteiger partial charge >= 0.3 is 12.7 Å². The van der Waals surface area contributed by atoms with Crippen LogP contribution in [0, 0.1) is 0 Å². The van der Waals surface area contributed by atoms with Gasteiger partial charge in [-0.1, -0.05) is 12.1 Å². The minimum absolute atomic E-state index is 0.0444. The van der Waals surface area contributed by atoms with Gasteiger partial charge in [-0.2, -0.15) is 13.9 Å². The molecule has 0 saturated heterocycles. The molecule has 0 aliphatic carbocycles. The number of carbonyl (C=O) groups excluding carboxylic acids is 1. The van der Waals surface area contributed by atoms with E-state index in [1.165, 1.54) is 18.2 Å². The zero-order valence-corrected chi connectivity index (χ0v) is 15.2. The number of alkyl halides is 2. The van der Waals surface area contributed by atoms with Gasteiger partial charge in [0.1, 0.15) is 11.4 Å². The predicted molar refractivity (Wildman–Crippen MR) is 94.8 cm³/mol. The van der Waals surface area contributed by atoms with Crippen molar-refractivity contribution in [3.63, 3.8) is 0 Å². The van der Waals surface area contributed by atoms with Crippen molar-refractivity contribution < 1.29 is 23.0 Å². The number of aromatic nitrogens is 2. The number of rotatable bonds is 6. The smallest absolute Gasteiger partial charge is 0.407 e. The Hall–Kier alpha value is -2.97. The van der Waals surface area contributed by atoms with E-state index in [1.54, 1.807) is 39.0 Å². The Morgan fingerprint density at radius 2 is 1.93 bits per heavy atom. The maximum atomic E-state index is 12.6. The second kappa shape index (κ2) is 8.61. The summed E-state index contributed by atoms with van der Waals surface area (Å²) < 4.78 is 35.9. The number of amides is 1. The molecular formula is C18H21F2N3O4. The highest BCUT2D eigenvalue weighted by Crippen LogP contribution is 2.28. The Bertz CT molecular complexity index is 847. The molecule has 27 heavy (non-hydrogen) atoms. The normalized spacial score (nSPS) is 11.3. The molecule has 0 radical (unpaired) electrons. The maximum absolute atomic E-state index is 12.6. The molecular weight excluding hydrogens is 360 g/mol. The maximum Gasteiger partial charge on any atom is 0.407 e. The third-order valence-electron chi connectivity index (χ3n) is 3.24. The van der Waals surface area contributed by atoms with Crippen LogP contribution in [0.25, 0.3) is 11.3 Å². The van der Waals surface area contributed by atoms with Crippen LogP contribution < -0.4 is 15.6 Å². The lowest BCUT2D eigenvalue weighted by Crippen LogP contribution is -2.36. The molecule has 0 aliphatic rings. The quantitative estimate of drug-likeness (QED) is 0.832. The first kappa shape index (κ1) is 20.3. The van der Waals surface area contributed by atoms with Crippen LogP contribution in [0.4, 0.5) is 13.6 Å². The van der Waals surface area contributed by atoms with Gasteiger partial charge in [0.2, 0.25) is 0 Å². The largest absolute Gasteiger partial charge is 0.444 e. The summed E-state index contributed by atoms with van der Waals surface area (Å²) in [4.78, 5) is 23.6. The summed E-state index contributed by atoms with van der Waals surface area (Å²) >= 11 is 0. The Morgan fingerprint density at radius 1 is 1.22 bits per heavy atom. The number of para-hydroxylation sites is 1. The molecule has 146 valence electrons. The average Bonchev–Trinajstić information content (AvgIpc) is 2.55. The summed E-state index contributed by atoms with van der Waals surface area (Å²) in [6, 6.07) is 8.86. The molecule has 0 bridgehead atoms. The molecule has 1 N–H and O–H groups in total. The van der Waals surface area contributed by atoms with E-state index in [2.05, 4.69) is 15.2 Å². The van der Waals surface area contributed by atoms with Crippen LogP contribution in [-0.2, 0) is 11.3 Å². The lowest BCUT2D eigenvalue weighted by molar-refractivity contribution is -0.0494. The van der Waals surface area contributed by atoms with Crippen molar-refractivity contribution in [1.29, 1.82) is 0 Å². The van der Waals surface area contributed by atoms with Crippen molar-refractivity contribution in [2.45, 2.75) is 39.5 Å². The van der Waals surface area contributed by atoms with Crippen LogP contribution >= 0.6 is 0 Å². The fourth-order valence-electron chi connectivity index (χ4n) is 2.21. The number of nitrogens with one attached hydrogen (secondary N) is 1. The summed E-state index contributed by atoms with van der Waals surface area (Å²) in [5, 5.41) is 6.70. The molecule has 0 spiro atoms. The Labute approximate surface area is 154 Å². The second-order valence-corrected chi connectivity index (χ2v) is 6.58. The molecule has 2 aromatic rings. The van der Waals surface area contributed by atoms with Crippen LogP contribution in [0.1, 0.15) is 20.8 Å². The second-order valence-electron chi connectivity index (χ2n) is 6.58. The van der Waals surface area contributed by atoms with Crippen LogP contribution in [0.5, 0.6) is 5.75 Å². The number of ether oxygens (including phenoxy) is 2. The summed E-state index contributed by atoms with van der Waals surface area (Å²) in [6.45, 7) is 2.43. The number of carbonyl (C=O) groups is 1. The van der Waals surface area contributed by atoms with Crippen molar-refractivity contribution in [3.8, 4) is 17.0 Å². The Morgan fingerprint density at radius 3 is 2.59 bits per heavy atom. The van der Waals surface area contributed by atoms with E-state index < -0.39 is 23.9 Å². The fourth-order valence-corrected chi connectivity index (χ4v) is 2.21. The molecule has 1 heterocycles. The number of halogens is 2. The number of nitrogens with zero attached hydrogens (tertiary/aromatic N) is 2. The molecule has 9 heteroatoms. The third-order valence-corrected chi connectivity index (χ3v) is 3.24. The Balaban J connectivity index is 2.13. The standard InChI is InChI=1S/C18H21F2N3O4/c1-18(2,3)27-17(25)21-10-11-23-15(24)9-8-13(22-23)12-6-4-5-7-14(12)26-16(19)20/h4-9,16H,10-11H2,1-3H3,(H,21,25). The van der Waals surface area contributed by atoms with Gasteiger partial charge in [-0.3, -0.25) is 4.79 Å². The summed E-state index contributed by atoms with van der Waals surface area (Å²) in [5.41, 5.74) is -0.403. The van der Waals surface area contributed by atoms with Gasteiger partial charge in [-0.15, -0.1) is 0 Å². The third kappa shape index (κ3) is 6.36. The van der Waals surface area contributed by atoms with Crippen LogP contribution in [0.15, 0.2) is 41.2 Å². The molecule has 0 aliphatic heterocycles. The molecule has 0 atom stereocenters. The van der Waals surface area contributed by atoms with Gasteiger partial charge in [0, 0.05) is 18.2 Å². The van der Waals surface area contributed by atoms with Crippen LogP contribution in [-0.4, -0.2) is 34.6 Å². The molecule has 7 nitrogen and oxygen atoms in total. The van der Waals surface area contributed by atoms with Gasteiger partial charge in [0.25, 0.3) is 5.56 Å². The van der Waals surface area contributed by atoms with E-state index in [9.17, 15) is 18.4 Å². The van der Waals surface area contributed by atoms with Gasteiger partial charge in [-0.25, -0.2) is 9.48 Å². The van der Waals surface area contributed by atoms with Gasteiger partial charge in [0.05, 0.1) is 12.2 Å². The first-order valence-corrected chi connectivity index (χ1v) is 8.25. The summed E-state index contributed by atoms with van der Waals surface area (Å²) in [7, 11) is 0. The number of alkyl carbamates (subject to hydrolysis) is 1. The van der Waals surface area contributed by atoms with E-state index in [4.69, 9.17) is 4.74 Å². The van der Waals surface area contributed by atoms with Gasteiger partial charge in [-0.05, 0) is 39.0 Å². The van der Waals surface area contributed by atoms with Crippen molar-refractivity contribution in [2.24, 2.45) is 0 Å². The minimum atomic E-state index is -2.98. The number of hydrogen-bond donors (Lipinski definition) is 1. The first-order chi connectivity index (χ1) is 12.7. The highest BCUT2D eigenvalue weighted by Gasteiger charge is 2.16. The predicted octanol–water partition coefficient (Wildman–Crippen LogP) is 3.04. The number of hydrogen-bond acceptors (Lipinski definition) is 5. The van der Waals surface area contributed by atoms with Crippen molar-refractivity contribution in [1.82, 2.24) is 15.1 Å². The van der Waals surface area contributed by atoms with Gasteiger partial charge in [0.15, 0.2) is 0 Å². The lowest BCUT2D eigenvalue weighted by Gasteiger charge is -2.19. The fraction of sp³-hybridized carbons (Fsp3) is 0.389. The molecule has 1 aromatic carbocycles. The first-order valence-electron chi connectivity index (χ1n) is 8.25. The van der Waals surface area contributed by atoms with Crippen molar-refractivity contribution >= 4 is 6.09 Å². The monoisotopic (exact) mass is 381 g/mol. The molecule has 1 aromatic heterocycles. The van der Waals surface area contributed by atoms with E-state index in [0.717, 1.165) is 4.68 Å². The Kier molecular flexibility index (Phi) is 6.49. The lowest BCUT2D eigenvalue weighted by atomic mass is 10.1. The van der Waals surface area contributed by atoms with Gasteiger partial charge < -0.3 is 14.8 Å². The SMILES string of the molecule is CC(C)(C)OC(=O)NCCn1nc(-c2ccccc2OC(F)F)ccc1=O. The molecule has 1 amide bonds. The average molecular weight is 381 g/mol. The van der Waals surface area contributed by atoms with Crippen LogP contribution in [0.2, 0.25) is 0 Å². The number of benzene rings is 1. The van der Waals surface area contributed by atoms with E-state index in [0.29, 0.717) is 11.3 Å². The van der Waals surface area contributed by atoms with Crippen molar-refractivity contribution in [2.75, 3.05) is 6.54 Å². The van der Waals surface area contributed by atoms with Crippen molar-refractivity contribution in [3.05, 3.63) is 46.8 Å². The molecule has 0 unspecified atom stereocenters. The van der Waals surface area contributed by atoms with Crippen LogP contribution in [0.3, 0.4) is 0 Å². The zero-order valence-electron chi connectivity index (χ0n) is 15.2. The minimum Gasteiger partial charge on any atom is -0.444 e. The molecule has 0 saturated carbocycles. The summed E-state index contributed by atoms with van der Waals surface area (Å²) in [5.74, 6) is -0.0444. The zero-order chi connectivity index (χ0) is 20.0. The van der Waals surface area contributed by atoms with E-state index in [-0.39, 0.29) is 18.8 Å².